The van der Waals surface area contributed by atoms with E-state index in [2.05, 4.69) is 17.4 Å². The maximum Gasteiger partial charge on any atom is 0.128 e. The van der Waals surface area contributed by atoms with E-state index in [1.807, 2.05) is 18.2 Å². The molecule has 1 aliphatic rings. The molecule has 58 valence electrons. The van der Waals surface area contributed by atoms with E-state index in [1.54, 1.807) is 7.11 Å². The Bertz CT molecular complexity index is 235. The smallest absolute Gasteiger partial charge is 0.128 e. The summed E-state index contributed by atoms with van der Waals surface area (Å²) < 4.78 is 5.12. The quantitative estimate of drug-likeness (QED) is 0.643. The fraction of sp³-hybridized carbons (Fsp3) is 0.333. The minimum Gasteiger partial charge on any atom is -0.365 e. The molecule has 1 saturated heterocycles. The van der Waals surface area contributed by atoms with Gasteiger partial charge in [0.2, 0.25) is 0 Å². The summed E-state index contributed by atoms with van der Waals surface area (Å²) in [5, 5.41) is 3.21. The Labute approximate surface area is 66.2 Å². The molecule has 0 aromatic heterocycles. The Morgan fingerprint density at radius 3 is 2.55 bits per heavy atom. The first-order valence-electron chi connectivity index (χ1n) is 3.75. The third-order valence-electron chi connectivity index (χ3n) is 1.95. The van der Waals surface area contributed by atoms with Crippen LogP contribution in [0.1, 0.15) is 11.6 Å². The van der Waals surface area contributed by atoms with Gasteiger partial charge in [-0.25, -0.2) is 0 Å². The van der Waals surface area contributed by atoms with Crippen LogP contribution >= 0.6 is 0 Å². The van der Waals surface area contributed by atoms with Gasteiger partial charge in [0.1, 0.15) is 6.23 Å². The maximum absolute atomic E-state index is 5.12. The zero-order valence-corrected chi connectivity index (χ0v) is 6.45. The molecule has 1 aliphatic heterocycles. The van der Waals surface area contributed by atoms with E-state index in [4.69, 9.17) is 4.74 Å². The van der Waals surface area contributed by atoms with Crippen LogP contribution in [0.5, 0.6) is 0 Å². The lowest BCUT2D eigenvalue weighted by Gasteiger charge is -1.94. The van der Waals surface area contributed by atoms with Gasteiger partial charge in [-0.3, -0.25) is 5.32 Å². The van der Waals surface area contributed by atoms with Crippen LogP contribution in [0.2, 0.25) is 0 Å². The molecule has 0 aliphatic carbocycles. The lowest BCUT2D eigenvalue weighted by Crippen LogP contribution is -1.91. The minimum absolute atomic E-state index is 0.234. The van der Waals surface area contributed by atoms with Crippen molar-refractivity contribution in [3.63, 3.8) is 0 Å². The molecule has 2 unspecified atom stereocenters. The summed E-state index contributed by atoms with van der Waals surface area (Å²) in [4.78, 5) is 0. The van der Waals surface area contributed by atoms with Crippen molar-refractivity contribution in [1.82, 2.24) is 5.32 Å². The molecule has 2 rings (SSSR count). The average Bonchev–Trinajstić information content (AvgIpc) is 2.85. The molecule has 0 bridgehead atoms. The second-order valence-electron chi connectivity index (χ2n) is 2.71. The van der Waals surface area contributed by atoms with Crippen LogP contribution in [0, 0.1) is 0 Å². The zero-order chi connectivity index (χ0) is 7.68. The Balaban J connectivity index is 2.09. The lowest BCUT2D eigenvalue weighted by molar-refractivity contribution is 0.172. The van der Waals surface area contributed by atoms with Crippen molar-refractivity contribution in [1.29, 1.82) is 0 Å². The summed E-state index contributed by atoms with van der Waals surface area (Å²) in [5.41, 5.74) is 1.30. The van der Waals surface area contributed by atoms with Crippen LogP contribution in [-0.2, 0) is 4.74 Å². The molecule has 1 heterocycles. The van der Waals surface area contributed by atoms with Gasteiger partial charge in [0.05, 0.1) is 6.04 Å². The molecule has 11 heavy (non-hydrogen) atoms. The van der Waals surface area contributed by atoms with Crippen molar-refractivity contribution in [2.75, 3.05) is 7.11 Å². The lowest BCUT2D eigenvalue weighted by atomic mass is 10.1. The molecule has 0 spiro atoms. The summed E-state index contributed by atoms with van der Waals surface area (Å²) in [6.45, 7) is 0. The minimum atomic E-state index is 0.234. The van der Waals surface area contributed by atoms with Gasteiger partial charge in [-0.15, -0.1) is 0 Å². The van der Waals surface area contributed by atoms with Gasteiger partial charge in [-0.05, 0) is 5.56 Å². The van der Waals surface area contributed by atoms with Crippen molar-refractivity contribution in [3.8, 4) is 0 Å². The number of rotatable bonds is 2. The summed E-state index contributed by atoms with van der Waals surface area (Å²) in [6.07, 6.45) is 0.234. The fourth-order valence-electron chi connectivity index (χ4n) is 1.26. The average molecular weight is 149 g/mol. The van der Waals surface area contributed by atoms with Crippen LogP contribution in [0.25, 0.3) is 0 Å². The molecule has 1 aromatic rings. The van der Waals surface area contributed by atoms with E-state index in [0.717, 1.165) is 0 Å². The SMILES string of the molecule is COC1NC1c1ccccc1. The highest BCUT2D eigenvalue weighted by Gasteiger charge is 2.37. The number of hydrogen-bond acceptors (Lipinski definition) is 2. The van der Waals surface area contributed by atoms with Crippen LogP contribution in [0.4, 0.5) is 0 Å². The number of benzene rings is 1. The second-order valence-corrected chi connectivity index (χ2v) is 2.71. The Morgan fingerprint density at radius 2 is 2.00 bits per heavy atom. The predicted octanol–water partition coefficient (Wildman–Crippen LogP) is 1.30. The van der Waals surface area contributed by atoms with E-state index in [1.165, 1.54) is 5.56 Å². The van der Waals surface area contributed by atoms with Gasteiger partial charge in [0, 0.05) is 7.11 Å². The van der Waals surface area contributed by atoms with Crippen LogP contribution in [0.3, 0.4) is 0 Å². The highest BCUT2D eigenvalue weighted by atomic mass is 16.5. The molecule has 2 nitrogen and oxygen atoms in total. The van der Waals surface area contributed by atoms with E-state index in [9.17, 15) is 0 Å². The van der Waals surface area contributed by atoms with Crippen LogP contribution < -0.4 is 5.32 Å². The van der Waals surface area contributed by atoms with Gasteiger partial charge in [-0.2, -0.15) is 0 Å². The van der Waals surface area contributed by atoms with Gasteiger partial charge in [0.25, 0.3) is 0 Å². The molecular formula is C9H11NO. The van der Waals surface area contributed by atoms with Crippen LogP contribution in [-0.4, -0.2) is 13.3 Å². The first-order valence-corrected chi connectivity index (χ1v) is 3.75. The largest absolute Gasteiger partial charge is 0.365 e. The third-order valence-corrected chi connectivity index (χ3v) is 1.95. The van der Waals surface area contributed by atoms with Crippen molar-refractivity contribution in [2.45, 2.75) is 12.3 Å². The van der Waals surface area contributed by atoms with Crippen molar-refractivity contribution >= 4 is 0 Å². The molecular weight excluding hydrogens is 138 g/mol. The molecule has 2 heteroatoms. The van der Waals surface area contributed by atoms with Gasteiger partial charge in [0.15, 0.2) is 0 Å². The van der Waals surface area contributed by atoms with Crippen LogP contribution in [0.15, 0.2) is 30.3 Å². The summed E-state index contributed by atoms with van der Waals surface area (Å²) >= 11 is 0. The Hall–Kier alpha value is -0.860. The van der Waals surface area contributed by atoms with Crippen molar-refractivity contribution < 1.29 is 4.74 Å². The molecule has 1 N–H and O–H groups in total. The highest BCUT2D eigenvalue weighted by molar-refractivity contribution is 5.24. The van der Waals surface area contributed by atoms with Crippen molar-refractivity contribution in [3.05, 3.63) is 35.9 Å². The highest BCUT2D eigenvalue weighted by Crippen LogP contribution is 2.29. The predicted molar refractivity (Wildman–Crippen MR) is 43.1 cm³/mol. The van der Waals surface area contributed by atoms with Gasteiger partial charge in [-0.1, -0.05) is 30.3 Å². The third kappa shape index (κ3) is 1.27. The molecule has 1 fully saturated rings. The summed E-state index contributed by atoms with van der Waals surface area (Å²) in [5.74, 6) is 0. The zero-order valence-electron chi connectivity index (χ0n) is 6.45. The van der Waals surface area contributed by atoms with E-state index >= 15 is 0 Å². The molecule has 0 radical (unpaired) electrons. The monoisotopic (exact) mass is 149 g/mol. The van der Waals surface area contributed by atoms with Crippen molar-refractivity contribution in [2.24, 2.45) is 0 Å². The molecule has 1 aromatic carbocycles. The normalized spacial score (nSPS) is 28.5. The first-order chi connectivity index (χ1) is 5.42. The number of methoxy groups -OCH3 is 1. The van der Waals surface area contributed by atoms with Gasteiger partial charge < -0.3 is 4.74 Å². The van der Waals surface area contributed by atoms with E-state index in [0.29, 0.717) is 6.04 Å². The van der Waals surface area contributed by atoms with E-state index < -0.39 is 0 Å². The second kappa shape index (κ2) is 2.64. The molecule has 2 atom stereocenters. The summed E-state index contributed by atoms with van der Waals surface area (Å²) in [6, 6.07) is 10.7. The Morgan fingerprint density at radius 1 is 1.27 bits per heavy atom. The fourth-order valence-corrected chi connectivity index (χ4v) is 1.26. The maximum atomic E-state index is 5.12. The number of hydrogen-bond donors (Lipinski definition) is 1. The number of nitrogens with one attached hydrogen (secondary N) is 1. The van der Waals surface area contributed by atoms with Gasteiger partial charge >= 0.3 is 0 Å². The summed E-state index contributed by atoms with van der Waals surface area (Å²) in [7, 11) is 1.72. The topological polar surface area (TPSA) is 31.2 Å². The standard InChI is InChI=1S/C9H11NO/c1-11-9-8(10-9)7-5-3-2-4-6-7/h2-6,8-10H,1H3. The number of ether oxygens (including phenoxy) is 1. The van der Waals surface area contributed by atoms with E-state index in [-0.39, 0.29) is 6.23 Å². The molecule has 0 saturated carbocycles. The first kappa shape index (κ1) is 6.83. The molecule has 0 amide bonds. The Kier molecular flexibility index (Phi) is 1.64.